The molecule has 0 saturated heterocycles. The van der Waals surface area contributed by atoms with Crippen molar-refractivity contribution in [2.45, 2.75) is 32.8 Å². The van der Waals surface area contributed by atoms with E-state index in [1.165, 1.54) is 12.1 Å². The normalized spacial score (nSPS) is 12.8. The molecule has 1 atom stereocenters. The van der Waals surface area contributed by atoms with E-state index in [-0.39, 0.29) is 57.5 Å². The van der Waals surface area contributed by atoms with Gasteiger partial charge in [0, 0.05) is 0 Å². The molecule has 6 heteroatoms. The van der Waals surface area contributed by atoms with Crippen molar-refractivity contribution in [2.75, 3.05) is 0 Å². The van der Waals surface area contributed by atoms with Crippen LogP contribution in [-0.4, -0.2) is 13.1 Å². The summed E-state index contributed by atoms with van der Waals surface area (Å²) < 4.78 is 42.4. The topological polar surface area (TPSA) is 9.23 Å². The average Bonchev–Trinajstić information content (AvgIpc) is 2.17. The number of hydrogen-bond acceptors (Lipinski definition) is 1. The van der Waals surface area contributed by atoms with Crippen LogP contribution in [0.5, 0.6) is 5.75 Å². The second-order valence-electron chi connectivity index (χ2n) is 3.86. The van der Waals surface area contributed by atoms with Crippen LogP contribution in [0, 0.1) is 0 Å². The molecule has 0 aliphatic rings. The fraction of sp³-hybridized carbons (Fsp3) is 0.455. The van der Waals surface area contributed by atoms with Gasteiger partial charge in [0.05, 0.1) is 6.10 Å². The van der Waals surface area contributed by atoms with Gasteiger partial charge in [0.1, 0.15) is 5.75 Å². The molecule has 0 aliphatic heterocycles. The van der Waals surface area contributed by atoms with Crippen LogP contribution in [0.3, 0.4) is 0 Å². The Morgan fingerprint density at radius 1 is 1.18 bits per heavy atom. The summed E-state index contributed by atoms with van der Waals surface area (Å²) >= 11 is 0. The van der Waals surface area contributed by atoms with E-state index >= 15 is 0 Å². The van der Waals surface area contributed by atoms with Gasteiger partial charge in [-0.05, 0) is 25.5 Å². The molecule has 1 rings (SSSR count). The SMILES string of the molecule is CCCC(C)Oc1ccc([B-](F)(F)F)cc1.[K+]. The Labute approximate surface area is 143 Å². The fourth-order valence-corrected chi connectivity index (χ4v) is 1.46. The number of ether oxygens (including phenoxy) is 1. The maximum atomic E-state index is 12.3. The second kappa shape index (κ2) is 7.84. The van der Waals surface area contributed by atoms with Crippen LogP contribution in [0.25, 0.3) is 0 Å². The third kappa shape index (κ3) is 6.29. The molecule has 1 nitrogen and oxygen atoms in total. The van der Waals surface area contributed by atoms with Crippen molar-refractivity contribution in [2.24, 2.45) is 0 Å². The zero-order valence-corrected chi connectivity index (χ0v) is 13.5. The molecule has 0 bridgehead atoms. The molecule has 0 spiro atoms. The monoisotopic (exact) mass is 270 g/mol. The minimum absolute atomic E-state index is 0. The standard InChI is InChI=1S/C11H15BF3O.K/c1-3-4-9(2)16-11-7-5-10(6-8-11)12(13,14)15;/h5-9H,3-4H2,1-2H3;/q-1;+1. The van der Waals surface area contributed by atoms with Crippen LogP contribution >= 0.6 is 0 Å². The average molecular weight is 270 g/mol. The number of benzene rings is 1. The molecule has 0 saturated carbocycles. The smallest absolute Gasteiger partial charge is 0.491 e. The van der Waals surface area contributed by atoms with Gasteiger partial charge in [-0.2, -0.15) is 0 Å². The van der Waals surface area contributed by atoms with Gasteiger partial charge >= 0.3 is 58.4 Å². The summed E-state index contributed by atoms with van der Waals surface area (Å²) in [5.41, 5.74) is -0.588. The van der Waals surface area contributed by atoms with Crippen molar-refractivity contribution in [3.05, 3.63) is 24.3 Å². The molecule has 0 amide bonds. The van der Waals surface area contributed by atoms with Crippen LogP contribution in [0.1, 0.15) is 26.7 Å². The Balaban J connectivity index is 0.00000256. The van der Waals surface area contributed by atoms with E-state index < -0.39 is 12.4 Å². The Hall–Kier alpha value is 0.511. The summed E-state index contributed by atoms with van der Waals surface area (Å²) in [6.07, 6.45) is 1.92. The van der Waals surface area contributed by atoms with Gasteiger partial charge in [-0.3, -0.25) is 0 Å². The predicted octanol–water partition coefficient (Wildman–Crippen LogP) is 0.312. The molecule has 90 valence electrons. The molecular formula is C11H15BF3KO. The van der Waals surface area contributed by atoms with Gasteiger partial charge in [0.15, 0.2) is 0 Å². The number of rotatable bonds is 5. The molecule has 0 N–H and O–H groups in total. The maximum Gasteiger partial charge on any atom is 1.00 e. The fourth-order valence-electron chi connectivity index (χ4n) is 1.46. The maximum absolute atomic E-state index is 12.3. The van der Waals surface area contributed by atoms with Crippen molar-refractivity contribution in [3.63, 3.8) is 0 Å². The first kappa shape index (κ1) is 17.5. The van der Waals surface area contributed by atoms with Crippen molar-refractivity contribution in [1.29, 1.82) is 0 Å². The van der Waals surface area contributed by atoms with Crippen molar-refractivity contribution in [1.82, 2.24) is 0 Å². The minimum atomic E-state index is -4.91. The van der Waals surface area contributed by atoms with E-state index in [9.17, 15) is 12.9 Å². The number of halogens is 3. The van der Waals surface area contributed by atoms with E-state index in [1.54, 1.807) is 0 Å². The Bertz CT molecular complexity index is 326. The second-order valence-corrected chi connectivity index (χ2v) is 3.86. The number of hydrogen-bond donors (Lipinski definition) is 0. The zero-order valence-electron chi connectivity index (χ0n) is 10.4. The third-order valence-corrected chi connectivity index (χ3v) is 2.29. The molecule has 17 heavy (non-hydrogen) atoms. The third-order valence-electron chi connectivity index (χ3n) is 2.29. The molecule has 0 aliphatic carbocycles. The first-order chi connectivity index (χ1) is 7.43. The zero-order chi connectivity index (χ0) is 12.2. The Morgan fingerprint density at radius 3 is 2.12 bits per heavy atom. The van der Waals surface area contributed by atoms with Crippen molar-refractivity contribution >= 4 is 12.4 Å². The van der Waals surface area contributed by atoms with E-state index in [1.807, 2.05) is 13.8 Å². The van der Waals surface area contributed by atoms with Gasteiger partial charge < -0.3 is 17.7 Å². The van der Waals surface area contributed by atoms with Crippen LogP contribution in [-0.2, 0) is 0 Å². The Kier molecular flexibility index (Phi) is 8.08. The van der Waals surface area contributed by atoms with Crippen molar-refractivity contribution < 1.29 is 69.1 Å². The van der Waals surface area contributed by atoms with E-state index in [4.69, 9.17) is 4.74 Å². The molecule has 1 unspecified atom stereocenters. The summed E-state index contributed by atoms with van der Waals surface area (Å²) in [5.74, 6) is 0.491. The Morgan fingerprint density at radius 2 is 1.71 bits per heavy atom. The minimum Gasteiger partial charge on any atom is -0.491 e. The quantitative estimate of drug-likeness (QED) is 0.700. The first-order valence-corrected chi connectivity index (χ1v) is 5.40. The molecule has 0 fully saturated rings. The van der Waals surface area contributed by atoms with E-state index in [2.05, 4.69) is 0 Å². The molecule has 1 aromatic carbocycles. The molecular weight excluding hydrogens is 255 g/mol. The van der Waals surface area contributed by atoms with Gasteiger partial charge in [0.2, 0.25) is 0 Å². The molecule has 0 aromatic heterocycles. The summed E-state index contributed by atoms with van der Waals surface area (Å²) in [7, 11) is 0. The van der Waals surface area contributed by atoms with Gasteiger partial charge in [-0.1, -0.05) is 25.5 Å². The van der Waals surface area contributed by atoms with Crippen LogP contribution < -0.4 is 61.6 Å². The van der Waals surface area contributed by atoms with Crippen LogP contribution in [0.2, 0.25) is 0 Å². The summed E-state index contributed by atoms with van der Waals surface area (Å²) in [5, 5.41) is 0. The van der Waals surface area contributed by atoms with Gasteiger partial charge in [0.25, 0.3) is 0 Å². The summed E-state index contributed by atoms with van der Waals surface area (Å²) in [6, 6.07) is 4.87. The summed E-state index contributed by atoms with van der Waals surface area (Å²) in [6.45, 7) is -0.962. The van der Waals surface area contributed by atoms with Crippen LogP contribution in [0.4, 0.5) is 12.9 Å². The van der Waals surface area contributed by atoms with Gasteiger partial charge in [-0.15, -0.1) is 5.46 Å². The van der Waals surface area contributed by atoms with E-state index in [0.29, 0.717) is 5.75 Å². The van der Waals surface area contributed by atoms with E-state index in [0.717, 1.165) is 25.0 Å². The summed E-state index contributed by atoms with van der Waals surface area (Å²) in [4.78, 5) is 0. The molecule has 0 radical (unpaired) electrons. The predicted molar refractivity (Wildman–Crippen MR) is 60.2 cm³/mol. The van der Waals surface area contributed by atoms with Crippen LogP contribution in [0.15, 0.2) is 24.3 Å². The van der Waals surface area contributed by atoms with Gasteiger partial charge in [-0.25, -0.2) is 0 Å². The first-order valence-electron chi connectivity index (χ1n) is 5.40. The molecule has 1 aromatic rings. The molecule has 0 heterocycles. The largest absolute Gasteiger partial charge is 1.00 e. The van der Waals surface area contributed by atoms with Crippen molar-refractivity contribution in [3.8, 4) is 5.75 Å².